The standard InChI is InChI=1S/C19H31N/c1-14(2)9-17-5-7-18(8-6-17)13-20-19-11-15(3)10-16(4)12-19/h5-8,14-16,19-20H,9-13H2,1-4H3. The van der Waals surface area contributed by atoms with Gasteiger partial charge in [0.15, 0.2) is 0 Å². The fourth-order valence-corrected chi connectivity index (χ4v) is 3.64. The van der Waals surface area contributed by atoms with E-state index in [0.717, 1.165) is 24.3 Å². The van der Waals surface area contributed by atoms with Gasteiger partial charge in [-0.3, -0.25) is 0 Å². The molecule has 2 atom stereocenters. The first kappa shape index (κ1) is 15.6. The van der Waals surface area contributed by atoms with Crippen LogP contribution in [0.15, 0.2) is 24.3 Å². The molecule has 2 rings (SSSR count). The van der Waals surface area contributed by atoms with E-state index in [9.17, 15) is 0 Å². The van der Waals surface area contributed by atoms with E-state index in [-0.39, 0.29) is 0 Å². The van der Waals surface area contributed by atoms with Crippen LogP contribution in [0.5, 0.6) is 0 Å². The number of hydrogen-bond acceptors (Lipinski definition) is 1. The van der Waals surface area contributed by atoms with Crippen LogP contribution in [-0.2, 0) is 13.0 Å². The Morgan fingerprint density at radius 1 is 0.950 bits per heavy atom. The van der Waals surface area contributed by atoms with Gasteiger partial charge in [-0.25, -0.2) is 0 Å². The van der Waals surface area contributed by atoms with Crippen molar-refractivity contribution in [1.82, 2.24) is 5.32 Å². The van der Waals surface area contributed by atoms with Crippen LogP contribution in [0.3, 0.4) is 0 Å². The normalized spacial score (nSPS) is 26.9. The van der Waals surface area contributed by atoms with E-state index in [1.165, 1.54) is 36.8 Å². The fraction of sp³-hybridized carbons (Fsp3) is 0.684. The summed E-state index contributed by atoms with van der Waals surface area (Å²) in [7, 11) is 0. The Hall–Kier alpha value is -0.820. The van der Waals surface area contributed by atoms with Crippen molar-refractivity contribution in [2.45, 2.75) is 66.0 Å². The highest BCUT2D eigenvalue weighted by molar-refractivity contribution is 5.22. The highest BCUT2D eigenvalue weighted by atomic mass is 14.9. The molecule has 0 spiro atoms. The Morgan fingerprint density at radius 3 is 2.05 bits per heavy atom. The first-order chi connectivity index (χ1) is 9.52. The molecular formula is C19H31N. The van der Waals surface area contributed by atoms with Crippen LogP contribution in [-0.4, -0.2) is 6.04 Å². The summed E-state index contributed by atoms with van der Waals surface area (Å²) in [4.78, 5) is 0. The van der Waals surface area contributed by atoms with Crippen molar-refractivity contribution in [3.63, 3.8) is 0 Å². The zero-order valence-corrected chi connectivity index (χ0v) is 13.7. The van der Waals surface area contributed by atoms with Crippen molar-refractivity contribution in [2.24, 2.45) is 17.8 Å². The minimum absolute atomic E-state index is 0.712. The molecule has 1 heteroatoms. The van der Waals surface area contributed by atoms with Gasteiger partial charge >= 0.3 is 0 Å². The first-order valence-corrected chi connectivity index (χ1v) is 8.34. The molecule has 20 heavy (non-hydrogen) atoms. The van der Waals surface area contributed by atoms with Crippen LogP contribution in [0.1, 0.15) is 58.1 Å². The summed E-state index contributed by atoms with van der Waals surface area (Å²) in [6.45, 7) is 10.4. The zero-order chi connectivity index (χ0) is 14.5. The molecule has 0 aliphatic heterocycles. The van der Waals surface area contributed by atoms with Crippen LogP contribution in [0.4, 0.5) is 0 Å². The Morgan fingerprint density at radius 2 is 1.50 bits per heavy atom. The summed E-state index contributed by atoms with van der Waals surface area (Å²) >= 11 is 0. The molecule has 0 bridgehead atoms. The molecule has 1 saturated carbocycles. The summed E-state index contributed by atoms with van der Waals surface area (Å²) < 4.78 is 0. The highest BCUT2D eigenvalue weighted by Gasteiger charge is 2.23. The van der Waals surface area contributed by atoms with Crippen LogP contribution in [0, 0.1) is 17.8 Å². The van der Waals surface area contributed by atoms with Crippen molar-refractivity contribution in [3.05, 3.63) is 35.4 Å². The first-order valence-electron chi connectivity index (χ1n) is 8.34. The molecule has 0 radical (unpaired) electrons. The molecule has 112 valence electrons. The lowest BCUT2D eigenvalue weighted by Crippen LogP contribution is -2.35. The van der Waals surface area contributed by atoms with Crippen molar-refractivity contribution in [3.8, 4) is 0 Å². The van der Waals surface area contributed by atoms with E-state index in [1.54, 1.807) is 0 Å². The van der Waals surface area contributed by atoms with E-state index in [2.05, 4.69) is 57.3 Å². The van der Waals surface area contributed by atoms with Gasteiger partial charge in [-0.2, -0.15) is 0 Å². The van der Waals surface area contributed by atoms with Gasteiger partial charge in [0.2, 0.25) is 0 Å². The van der Waals surface area contributed by atoms with Gasteiger partial charge < -0.3 is 5.32 Å². The van der Waals surface area contributed by atoms with Gasteiger partial charge in [-0.15, -0.1) is 0 Å². The van der Waals surface area contributed by atoms with Gasteiger partial charge in [0, 0.05) is 12.6 Å². The number of rotatable bonds is 5. The van der Waals surface area contributed by atoms with Crippen molar-refractivity contribution in [2.75, 3.05) is 0 Å². The molecule has 2 unspecified atom stereocenters. The SMILES string of the molecule is CC(C)Cc1ccc(CNC2CC(C)CC(C)C2)cc1. The Bertz CT molecular complexity index is 383. The molecule has 1 aliphatic rings. The molecule has 1 nitrogen and oxygen atoms in total. The molecule has 1 fully saturated rings. The summed E-state index contributed by atoms with van der Waals surface area (Å²) in [5, 5.41) is 3.76. The van der Waals surface area contributed by atoms with E-state index in [4.69, 9.17) is 0 Å². The summed E-state index contributed by atoms with van der Waals surface area (Å²) in [6.07, 6.45) is 5.28. The second kappa shape index (κ2) is 7.26. The molecule has 0 amide bonds. The van der Waals surface area contributed by atoms with E-state index >= 15 is 0 Å². The molecule has 1 aromatic rings. The van der Waals surface area contributed by atoms with Crippen molar-refractivity contribution >= 4 is 0 Å². The van der Waals surface area contributed by atoms with Gasteiger partial charge in [0.1, 0.15) is 0 Å². The largest absolute Gasteiger partial charge is 0.310 e. The predicted octanol–water partition coefficient (Wildman–Crippen LogP) is 4.80. The predicted molar refractivity (Wildman–Crippen MR) is 87.8 cm³/mol. The topological polar surface area (TPSA) is 12.0 Å². The molecule has 1 aliphatic carbocycles. The quantitative estimate of drug-likeness (QED) is 0.812. The molecule has 0 aromatic heterocycles. The van der Waals surface area contributed by atoms with Crippen molar-refractivity contribution in [1.29, 1.82) is 0 Å². The van der Waals surface area contributed by atoms with Gasteiger partial charge in [-0.1, -0.05) is 52.0 Å². The van der Waals surface area contributed by atoms with Crippen LogP contribution >= 0.6 is 0 Å². The molecule has 0 heterocycles. The highest BCUT2D eigenvalue weighted by Crippen LogP contribution is 2.28. The lowest BCUT2D eigenvalue weighted by Gasteiger charge is -2.32. The molecule has 0 saturated heterocycles. The fourth-order valence-electron chi connectivity index (χ4n) is 3.64. The second-order valence-corrected chi connectivity index (χ2v) is 7.41. The second-order valence-electron chi connectivity index (χ2n) is 7.41. The third kappa shape index (κ3) is 4.94. The minimum atomic E-state index is 0.712. The monoisotopic (exact) mass is 273 g/mol. The van der Waals surface area contributed by atoms with E-state index in [0.29, 0.717) is 6.04 Å². The third-order valence-corrected chi connectivity index (χ3v) is 4.44. The number of hydrogen-bond donors (Lipinski definition) is 1. The average molecular weight is 273 g/mol. The Kier molecular flexibility index (Phi) is 5.65. The summed E-state index contributed by atoms with van der Waals surface area (Å²) in [5.41, 5.74) is 2.88. The molecule has 1 aromatic carbocycles. The van der Waals surface area contributed by atoms with Crippen LogP contribution in [0.2, 0.25) is 0 Å². The summed E-state index contributed by atoms with van der Waals surface area (Å²) in [6, 6.07) is 9.89. The van der Waals surface area contributed by atoms with Crippen LogP contribution < -0.4 is 5.32 Å². The number of benzene rings is 1. The van der Waals surface area contributed by atoms with Crippen LogP contribution in [0.25, 0.3) is 0 Å². The van der Waals surface area contributed by atoms with E-state index < -0.39 is 0 Å². The Balaban J connectivity index is 1.81. The average Bonchev–Trinajstić information content (AvgIpc) is 2.36. The van der Waals surface area contributed by atoms with Gasteiger partial charge in [-0.05, 0) is 54.6 Å². The maximum atomic E-state index is 3.76. The van der Waals surface area contributed by atoms with Crippen molar-refractivity contribution < 1.29 is 0 Å². The molecule has 1 N–H and O–H groups in total. The maximum absolute atomic E-state index is 3.76. The lowest BCUT2D eigenvalue weighted by atomic mass is 9.80. The third-order valence-electron chi connectivity index (χ3n) is 4.44. The zero-order valence-electron chi connectivity index (χ0n) is 13.7. The minimum Gasteiger partial charge on any atom is -0.310 e. The maximum Gasteiger partial charge on any atom is 0.0208 e. The summed E-state index contributed by atoms with van der Waals surface area (Å²) in [5.74, 6) is 2.50. The molecular weight excluding hydrogens is 242 g/mol. The van der Waals surface area contributed by atoms with E-state index in [1.807, 2.05) is 0 Å². The Labute approximate surface area is 125 Å². The lowest BCUT2D eigenvalue weighted by molar-refractivity contribution is 0.238. The smallest absolute Gasteiger partial charge is 0.0208 e. The number of nitrogens with one attached hydrogen (secondary N) is 1. The van der Waals surface area contributed by atoms with Gasteiger partial charge in [0.05, 0.1) is 0 Å². The van der Waals surface area contributed by atoms with Gasteiger partial charge in [0.25, 0.3) is 0 Å².